The molecule has 0 spiro atoms. The van der Waals surface area contributed by atoms with E-state index in [2.05, 4.69) is 22.4 Å². The van der Waals surface area contributed by atoms with Crippen LogP contribution >= 0.6 is 11.8 Å². The number of aromatic nitrogens is 2. The zero-order chi connectivity index (χ0) is 16.1. The summed E-state index contributed by atoms with van der Waals surface area (Å²) < 4.78 is 5.08. The molecule has 0 saturated heterocycles. The molecule has 116 valence electrons. The topological polar surface area (TPSA) is 68.0 Å². The average molecular weight is 325 g/mol. The molecule has 1 amide bonds. The van der Waals surface area contributed by atoms with Crippen LogP contribution in [-0.2, 0) is 0 Å². The summed E-state index contributed by atoms with van der Waals surface area (Å²) in [6.45, 7) is 2.07. The van der Waals surface area contributed by atoms with Crippen molar-refractivity contribution in [3.8, 4) is 11.3 Å². The molecule has 0 aliphatic heterocycles. The Labute approximate surface area is 138 Å². The van der Waals surface area contributed by atoms with Crippen molar-refractivity contribution in [1.82, 2.24) is 10.2 Å². The Balaban J connectivity index is 1.78. The highest BCUT2D eigenvalue weighted by molar-refractivity contribution is 7.99. The number of hydrogen-bond acceptors (Lipinski definition) is 5. The van der Waals surface area contributed by atoms with Crippen molar-refractivity contribution in [2.24, 2.45) is 0 Å². The van der Waals surface area contributed by atoms with E-state index in [4.69, 9.17) is 4.42 Å². The van der Waals surface area contributed by atoms with Gasteiger partial charge in [0.25, 0.3) is 5.91 Å². The maximum Gasteiger partial charge on any atom is 0.291 e. The lowest BCUT2D eigenvalue weighted by atomic mass is 10.1. The zero-order valence-electron chi connectivity index (χ0n) is 12.5. The van der Waals surface area contributed by atoms with E-state index in [1.165, 1.54) is 6.26 Å². The van der Waals surface area contributed by atoms with Gasteiger partial charge in [-0.3, -0.25) is 4.79 Å². The lowest BCUT2D eigenvalue weighted by molar-refractivity contribution is 0.0996. The fourth-order valence-electron chi connectivity index (χ4n) is 2.06. The van der Waals surface area contributed by atoms with Crippen molar-refractivity contribution in [1.29, 1.82) is 0 Å². The highest BCUT2D eigenvalue weighted by atomic mass is 32.2. The number of furan rings is 1. The first-order chi connectivity index (χ1) is 11.3. The van der Waals surface area contributed by atoms with E-state index < -0.39 is 0 Å². The number of carbonyl (C=O) groups excluding carboxylic acids is 1. The van der Waals surface area contributed by atoms with Crippen LogP contribution in [0.25, 0.3) is 11.3 Å². The molecular weight excluding hydrogens is 310 g/mol. The molecule has 3 rings (SSSR count). The van der Waals surface area contributed by atoms with Gasteiger partial charge >= 0.3 is 0 Å². The van der Waals surface area contributed by atoms with E-state index in [0.717, 1.165) is 22.0 Å². The summed E-state index contributed by atoms with van der Waals surface area (Å²) in [5, 5.41) is 12.1. The second-order valence-corrected chi connectivity index (χ2v) is 5.99. The molecule has 5 nitrogen and oxygen atoms in total. The van der Waals surface area contributed by atoms with Crippen molar-refractivity contribution in [3.05, 3.63) is 60.6 Å². The number of thioether (sulfide) groups is 1. The summed E-state index contributed by atoms with van der Waals surface area (Å²) in [4.78, 5) is 12.0. The van der Waals surface area contributed by atoms with Crippen LogP contribution in [0, 0.1) is 0 Å². The van der Waals surface area contributed by atoms with Gasteiger partial charge in [-0.2, -0.15) is 0 Å². The number of anilines is 1. The van der Waals surface area contributed by atoms with E-state index in [0.29, 0.717) is 5.69 Å². The molecule has 2 heterocycles. The molecule has 0 unspecified atom stereocenters. The minimum atomic E-state index is -0.284. The fourth-order valence-corrected chi connectivity index (χ4v) is 2.61. The van der Waals surface area contributed by atoms with Crippen LogP contribution in [0.15, 0.2) is 64.2 Å². The standard InChI is InChI=1S/C17H15N3O2S/c1-2-23-16-9-8-14(19-20-16)12-5-3-6-13(11-12)18-17(21)15-7-4-10-22-15/h3-11H,2H2,1H3,(H,18,21). The first-order valence-corrected chi connectivity index (χ1v) is 8.16. The van der Waals surface area contributed by atoms with Crippen molar-refractivity contribution in [2.75, 3.05) is 11.1 Å². The third-order valence-corrected chi connectivity index (χ3v) is 3.90. The van der Waals surface area contributed by atoms with Crippen LogP contribution in [0.2, 0.25) is 0 Å². The molecule has 23 heavy (non-hydrogen) atoms. The van der Waals surface area contributed by atoms with Crippen LogP contribution in [0.3, 0.4) is 0 Å². The van der Waals surface area contributed by atoms with Gasteiger partial charge in [0.2, 0.25) is 0 Å². The molecule has 0 bridgehead atoms. The fraction of sp³-hybridized carbons (Fsp3) is 0.118. The number of rotatable bonds is 5. The van der Waals surface area contributed by atoms with Gasteiger partial charge in [-0.25, -0.2) is 0 Å². The van der Waals surface area contributed by atoms with Gasteiger partial charge < -0.3 is 9.73 Å². The minimum absolute atomic E-state index is 0.274. The molecule has 1 aromatic carbocycles. The Hall–Kier alpha value is -2.60. The first kappa shape index (κ1) is 15.3. The zero-order valence-corrected chi connectivity index (χ0v) is 13.3. The Morgan fingerprint density at radius 2 is 2.09 bits per heavy atom. The van der Waals surface area contributed by atoms with E-state index in [1.807, 2.05) is 36.4 Å². The van der Waals surface area contributed by atoms with Gasteiger partial charge in [0, 0.05) is 11.3 Å². The van der Waals surface area contributed by atoms with Crippen LogP contribution in [-0.4, -0.2) is 21.9 Å². The lowest BCUT2D eigenvalue weighted by Gasteiger charge is -2.06. The Morgan fingerprint density at radius 3 is 2.78 bits per heavy atom. The lowest BCUT2D eigenvalue weighted by Crippen LogP contribution is -2.10. The number of amides is 1. The number of nitrogens with one attached hydrogen (secondary N) is 1. The van der Waals surface area contributed by atoms with Gasteiger partial charge in [-0.15, -0.1) is 22.0 Å². The normalized spacial score (nSPS) is 10.5. The van der Waals surface area contributed by atoms with E-state index in [1.54, 1.807) is 23.9 Å². The monoisotopic (exact) mass is 325 g/mol. The maximum absolute atomic E-state index is 12.0. The molecule has 2 aromatic heterocycles. The first-order valence-electron chi connectivity index (χ1n) is 7.18. The van der Waals surface area contributed by atoms with Crippen molar-refractivity contribution < 1.29 is 9.21 Å². The van der Waals surface area contributed by atoms with E-state index in [9.17, 15) is 4.79 Å². The molecule has 6 heteroatoms. The Bertz CT molecular complexity index is 786. The predicted octanol–water partition coefficient (Wildman–Crippen LogP) is 4.10. The van der Waals surface area contributed by atoms with Gasteiger partial charge in [0.1, 0.15) is 5.03 Å². The third-order valence-electron chi connectivity index (χ3n) is 3.09. The van der Waals surface area contributed by atoms with Crippen molar-refractivity contribution in [3.63, 3.8) is 0 Å². The van der Waals surface area contributed by atoms with Gasteiger partial charge in [-0.1, -0.05) is 19.1 Å². The van der Waals surface area contributed by atoms with E-state index >= 15 is 0 Å². The van der Waals surface area contributed by atoms with E-state index in [-0.39, 0.29) is 11.7 Å². The summed E-state index contributed by atoms with van der Waals surface area (Å²) in [6, 6.07) is 14.6. The molecule has 1 N–H and O–H groups in total. The summed E-state index contributed by atoms with van der Waals surface area (Å²) in [7, 11) is 0. The van der Waals surface area contributed by atoms with Crippen LogP contribution in [0.4, 0.5) is 5.69 Å². The average Bonchev–Trinajstić information content (AvgIpc) is 3.11. The summed E-state index contributed by atoms with van der Waals surface area (Å²) in [6.07, 6.45) is 1.47. The quantitative estimate of drug-likeness (QED) is 0.715. The molecule has 0 atom stereocenters. The SMILES string of the molecule is CCSc1ccc(-c2cccc(NC(=O)c3ccco3)c2)nn1. The van der Waals surface area contributed by atoms with Gasteiger partial charge in [0.15, 0.2) is 5.76 Å². The molecule has 0 fully saturated rings. The van der Waals surface area contributed by atoms with Crippen LogP contribution in [0.1, 0.15) is 17.5 Å². The summed E-state index contributed by atoms with van der Waals surface area (Å²) in [5.74, 6) is 0.951. The molecular formula is C17H15N3O2S. The smallest absolute Gasteiger partial charge is 0.291 e. The molecule has 0 aliphatic carbocycles. The number of nitrogens with zero attached hydrogens (tertiary/aromatic N) is 2. The number of hydrogen-bond donors (Lipinski definition) is 1. The van der Waals surface area contributed by atoms with Gasteiger partial charge in [-0.05, 0) is 42.2 Å². The van der Waals surface area contributed by atoms with Crippen LogP contribution < -0.4 is 5.32 Å². The largest absolute Gasteiger partial charge is 0.459 e. The highest BCUT2D eigenvalue weighted by Gasteiger charge is 2.09. The highest BCUT2D eigenvalue weighted by Crippen LogP contribution is 2.22. The third kappa shape index (κ3) is 3.78. The predicted molar refractivity (Wildman–Crippen MR) is 90.5 cm³/mol. The summed E-state index contributed by atoms with van der Waals surface area (Å²) >= 11 is 1.65. The van der Waals surface area contributed by atoms with Crippen molar-refractivity contribution in [2.45, 2.75) is 11.9 Å². The molecule has 0 aliphatic rings. The second-order valence-electron chi connectivity index (χ2n) is 4.70. The summed E-state index contributed by atoms with van der Waals surface area (Å²) in [5.41, 5.74) is 2.33. The maximum atomic E-state index is 12.0. The number of benzene rings is 1. The van der Waals surface area contributed by atoms with Gasteiger partial charge in [0.05, 0.1) is 12.0 Å². The molecule has 0 saturated carbocycles. The van der Waals surface area contributed by atoms with Crippen LogP contribution in [0.5, 0.6) is 0 Å². The number of carbonyl (C=O) groups is 1. The Kier molecular flexibility index (Phi) is 4.73. The molecule has 0 radical (unpaired) electrons. The Morgan fingerprint density at radius 1 is 1.17 bits per heavy atom. The second kappa shape index (κ2) is 7.11. The molecule has 3 aromatic rings. The minimum Gasteiger partial charge on any atom is -0.459 e. The van der Waals surface area contributed by atoms with Crippen molar-refractivity contribution >= 4 is 23.4 Å².